The van der Waals surface area contributed by atoms with Crippen LogP contribution in [0.2, 0.25) is 0 Å². The first-order valence-corrected chi connectivity index (χ1v) is 5.29. The van der Waals surface area contributed by atoms with Gasteiger partial charge in [0.2, 0.25) is 0 Å². The summed E-state index contributed by atoms with van der Waals surface area (Å²) < 4.78 is 10.2. The number of methoxy groups -OCH3 is 2. The molecule has 0 saturated carbocycles. The number of hydrogen-bond acceptors (Lipinski definition) is 3. The van der Waals surface area contributed by atoms with E-state index in [9.17, 15) is 5.11 Å². The molecule has 0 fully saturated rings. The molecule has 0 spiro atoms. The molecule has 0 aliphatic carbocycles. The molecule has 3 nitrogen and oxygen atoms in total. The minimum absolute atomic E-state index is 0.0173. The van der Waals surface area contributed by atoms with E-state index in [1.165, 1.54) is 0 Å². The molecule has 16 heavy (non-hydrogen) atoms. The van der Waals surface area contributed by atoms with Crippen molar-refractivity contribution in [2.24, 2.45) is 0 Å². The van der Waals surface area contributed by atoms with E-state index < -0.39 is 0 Å². The van der Waals surface area contributed by atoms with Crippen molar-refractivity contribution in [2.75, 3.05) is 14.2 Å². The van der Waals surface area contributed by atoms with Gasteiger partial charge in [-0.3, -0.25) is 0 Å². The van der Waals surface area contributed by atoms with E-state index in [0.717, 1.165) is 11.1 Å². The predicted molar refractivity (Wildman–Crippen MR) is 64.1 cm³/mol. The van der Waals surface area contributed by atoms with Gasteiger partial charge in [0.15, 0.2) is 11.5 Å². The molecule has 0 unspecified atom stereocenters. The minimum Gasteiger partial charge on any atom is -0.504 e. The fourth-order valence-corrected chi connectivity index (χ4v) is 1.52. The molecule has 1 rings (SSSR count). The lowest BCUT2D eigenvalue weighted by Crippen LogP contribution is -2.12. The quantitative estimate of drug-likeness (QED) is 0.858. The van der Waals surface area contributed by atoms with Gasteiger partial charge in [-0.1, -0.05) is 20.8 Å². The maximum atomic E-state index is 9.91. The van der Waals surface area contributed by atoms with Crippen LogP contribution in [-0.2, 0) is 16.8 Å². The van der Waals surface area contributed by atoms with E-state index in [0.29, 0.717) is 12.4 Å². The second-order valence-electron chi connectivity index (χ2n) is 4.87. The molecule has 0 atom stereocenters. The van der Waals surface area contributed by atoms with E-state index in [1.807, 2.05) is 12.1 Å². The molecule has 1 aromatic carbocycles. The van der Waals surface area contributed by atoms with Crippen molar-refractivity contribution in [1.82, 2.24) is 0 Å². The standard InChI is InChI=1S/C13H20O3/c1-13(2,3)10-6-9(8-15-4)12(14)11(7-10)16-5/h6-7,14H,8H2,1-5H3. The lowest BCUT2D eigenvalue weighted by Gasteiger charge is -2.21. The Morgan fingerprint density at radius 1 is 1.19 bits per heavy atom. The Bertz CT molecular complexity index is 364. The van der Waals surface area contributed by atoms with Gasteiger partial charge in [0.25, 0.3) is 0 Å². The van der Waals surface area contributed by atoms with E-state index in [2.05, 4.69) is 20.8 Å². The van der Waals surface area contributed by atoms with Crippen molar-refractivity contribution in [3.63, 3.8) is 0 Å². The monoisotopic (exact) mass is 224 g/mol. The smallest absolute Gasteiger partial charge is 0.163 e. The van der Waals surface area contributed by atoms with Gasteiger partial charge >= 0.3 is 0 Å². The van der Waals surface area contributed by atoms with Gasteiger partial charge in [-0.25, -0.2) is 0 Å². The maximum Gasteiger partial charge on any atom is 0.163 e. The maximum absolute atomic E-state index is 9.91. The highest BCUT2D eigenvalue weighted by Crippen LogP contribution is 2.36. The SMILES string of the molecule is COCc1cc(C(C)(C)C)cc(OC)c1O. The van der Waals surface area contributed by atoms with Gasteiger partial charge in [0.1, 0.15) is 0 Å². The molecule has 0 heterocycles. The summed E-state index contributed by atoms with van der Waals surface area (Å²) in [5.41, 5.74) is 1.89. The van der Waals surface area contributed by atoms with Crippen molar-refractivity contribution in [3.05, 3.63) is 23.3 Å². The molecule has 1 N–H and O–H groups in total. The third-order valence-electron chi connectivity index (χ3n) is 2.54. The van der Waals surface area contributed by atoms with Crippen molar-refractivity contribution < 1.29 is 14.6 Å². The largest absolute Gasteiger partial charge is 0.504 e. The number of rotatable bonds is 3. The Morgan fingerprint density at radius 2 is 1.81 bits per heavy atom. The summed E-state index contributed by atoms with van der Waals surface area (Å²) in [7, 11) is 3.16. The average Bonchev–Trinajstić information content (AvgIpc) is 2.19. The van der Waals surface area contributed by atoms with Gasteiger partial charge in [-0.15, -0.1) is 0 Å². The molecule has 0 aliphatic rings. The zero-order valence-corrected chi connectivity index (χ0v) is 10.6. The third kappa shape index (κ3) is 2.67. The Hall–Kier alpha value is -1.22. The number of aromatic hydroxyl groups is 1. The van der Waals surface area contributed by atoms with E-state index in [1.54, 1.807) is 14.2 Å². The number of hydrogen-bond donors (Lipinski definition) is 1. The highest BCUT2D eigenvalue weighted by molar-refractivity contribution is 5.49. The van der Waals surface area contributed by atoms with Crippen LogP contribution in [0.5, 0.6) is 11.5 Å². The summed E-state index contributed by atoms with van der Waals surface area (Å²) in [5.74, 6) is 0.664. The van der Waals surface area contributed by atoms with Crippen molar-refractivity contribution in [1.29, 1.82) is 0 Å². The van der Waals surface area contributed by atoms with E-state index >= 15 is 0 Å². The van der Waals surface area contributed by atoms with Gasteiger partial charge in [0.05, 0.1) is 13.7 Å². The van der Waals surface area contributed by atoms with Crippen molar-refractivity contribution >= 4 is 0 Å². The van der Waals surface area contributed by atoms with Gasteiger partial charge in [0, 0.05) is 12.7 Å². The average molecular weight is 224 g/mol. The molecule has 90 valence electrons. The lowest BCUT2D eigenvalue weighted by molar-refractivity contribution is 0.181. The molecule has 0 amide bonds. The molecule has 0 aromatic heterocycles. The topological polar surface area (TPSA) is 38.7 Å². The summed E-state index contributed by atoms with van der Waals surface area (Å²) in [6.07, 6.45) is 0. The fourth-order valence-electron chi connectivity index (χ4n) is 1.52. The Balaban J connectivity index is 3.28. The Kier molecular flexibility index (Phi) is 3.81. The minimum atomic E-state index is 0.0173. The Labute approximate surface area is 97.0 Å². The van der Waals surface area contributed by atoms with Crippen LogP contribution >= 0.6 is 0 Å². The number of phenolic OH excluding ortho intramolecular Hbond substituents is 1. The van der Waals surface area contributed by atoms with Gasteiger partial charge in [-0.05, 0) is 23.1 Å². The van der Waals surface area contributed by atoms with Crippen LogP contribution in [0.3, 0.4) is 0 Å². The van der Waals surface area contributed by atoms with Crippen molar-refractivity contribution in [2.45, 2.75) is 32.8 Å². The second-order valence-corrected chi connectivity index (χ2v) is 4.87. The molecule has 0 bridgehead atoms. The van der Waals surface area contributed by atoms with Crippen molar-refractivity contribution in [3.8, 4) is 11.5 Å². The summed E-state index contributed by atoms with van der Waals surface area (Å²) in [6.45, 7) is 6.74. The zero-order valence-electron chi connectivity index (χ0n) is 10.6. The van der Waals surface area contributed by atoms with Crippen LogP contribution in [0, 0.1) is 0 Å². The van der Waals surface area contributed by atoms with Crippen LogP contribution in [0.4, 0.5) is 0 Å². The molecular formula is C13H20O3. The lowest BCUT2D eigenvalue weighted by atomic mass is 9.86. The first-order chi connectivity index (χ1) is 7.40. The van der Waals surface area contributed by atoms with Crippen LogP contribution in [0.25, 0.3) is 0 Å². The third-order valence-corrected chi connectivity index (χ3v) is 2.54. The molecule has 3 heteroatoms. The summed E-state index contributed by atoms with van der Waals surface area (Å²) in [5, 5.41) is 9.91. The van der Waals surface area contributed by atoms with Crippen LogP contribution in [-0.4, -0.2) is 19.3 Å². The molecule has 0 saturated heterocycles. The van der Waals surface area contributed by atoms with Crippen LogP contribution in [0.15, 0.2) is 12.1 Å². The fraction of sp³-hybridized carbons (Fsp3) is 0.538. The number of phenols is 1. The highest BCUT2D eigenvalue weighted by atomic mass is 16.5. The highest BCUT2D eigenvalue weighted by Gasteiger charge is 2.18. The van der Waals surface area contributed by atoms with E-state index in [-0.39, 0.29) is 11.2 Å². The molecule has 0 aliphatic heterocycles. The molecule has 0 radical (unpaired) electrons. The van der Waals surface area contributed by atoms with Gasteiger partial charge < -0.3 is 14.6 Å². The molecular weight excluding hydrogens is 204 g/mol. The first-order valence-electron chi connectivity index (χ1n) is 5.29. The summed E-state index contributed by atoms with van der Waals surface area (Å²) in [4.78, 5) is 0. The zero-order chi connectivity index (χ0) is 12.3. The summed E-state index contributed by atoms with van der Waals surface area (Å²) >= 11 is 0. The van der Waals surface area contributed by atoms with E-state index in [4.69, 9.17) is 9.47 Å². The first kappa shape index (κ1) is 12.8. The van der Waals surface area contributed by atoms with Crippen LogP contribution in [0.1, 0.15) is 31.9 Å². The van der Waals surface area contributed by atoms with Gasteiger partial charge in [-0.2, -0.15) is 0 Å². The summed E-state index contributed by atoms with van der Waals surface area (Å²) in [6, 6.07) is 3.83. The normalized spacial score (nSPS) is 11.6. The Morgan fingerprint density at radius 3 is 2.25 bits per heavy atom. The predicted octanol–water partition coefficient (Wildman–Crippen LogP) is 2.84. The number of ether oxygens (including phenoxy) is 2. The number of benzene rings is 1. The molecule has 1 aromatic rings. The van der Waals surface area contributed by atoms with Crippen LogP contribution < -0.4 is 4.74 Å². The second kappa shape index (κ2) is 4.74.